The van der Waals surface area contributed by atoms with Crippen molar-refractivity contribution >= 4 is 15.7 Å². The van der Waals surface area contributed by atoms with Gasteiger partial charge in [-0.05, 0) is 37.5 Å². The lowest BCUT2D eigenvalue weighted by Crippen LogP contribution is -2.37. The van der Waals surface area contributed by atoms with E-state index >= 15 is 0 Å². The number of benzene rings is 1. The third-order valence-electron chi connectivity index (χ3n) is 5.13. The molecule has 1 saturated carbocycles. The summed E-state index contributed by atoms with van der Waals surface area (Å²) in [6.45, 7) is 3.83. The predicted octanol–water partition coefficient (Wildman–Crippen LogP) is 1.66. The van der Waals surface area contributed by atoms with E-state index in [1.165, 1.54) is 37.8 Å². The number of nitrogens with two attached hydrogens (primary N) is 1. The maximum atomic E-state index is 11.5. The summed E-state index contributed by atoms with van der Waals surface area (Å²) in [6.07, 6.45) is 6.31. The van der Waals surface area contributed by atoms with Gasteiger partial charge in [0.25, 0.3) is 0 Å². The first-order valence-electron chi connectivity index (χ1n) is 8.55. The molecule has 2 N–H and O–H groups in total. The molecule has 0 aromatic heterocycles. The van der Waals surface area contributed by atoms with E-state index in [0.717, 1.165) is 38.3 Å². The Morgan fingerprint density at radius 2 is 1.83 bits per heavy atom. The zero-order chi connectivity index (χ0) is 17.2. The smallest absolute Gasteiger partial charge is 0.238 e. The summed E-state index contributed by atoms with van der Waals surface area (Å²) in [5, 5.41) is 14.6. The van der Waals surface area contributed by atoms with Crippen LogP contribution < -0.4 is 10.0 Å². The van der Waals surface area contributed by atoms with Gasteiger partial charge in [-0.1, -0.05) is 12.8 Å². The fourth-order valence-electron chi connectivity index (χ4n) is 3.87. The lowest BCUT2D eigenvalue weighted by atomic mass is 10.1. The molecule has 3 rings (SSSR count). The van der Waals surface area contributed by atoms with Crippen molar-refractivity contribution in [3.63, 3.8) is 0 Å². The van der Waals surface area contributed by atoms with Gasteiger partial charge in [-0.25, -0.2) is 13.6 Å². The lowest BCUT2D eigenvalue weighted by molar-refractivity contribution is 0.213. The fraction of sp³-hybridized carbons (Fsp3) is 0.588. The number of rotatable bonds is 3. The molecule has 24 heavy (non-hydrogen) atoms. The Bertz CT molecular complexity index is 735. The molecule has 1 saturated heterocycles. The summed E-state index contributed by atoms with van der Waals surface area (Å²) in [6, 6.07) is 7.41. The standard InChI is InChI=1S/C17H24N4O2S/c18-13-14-12-16(24(19,22)23)6-7-17(14)21-9-3-8-20(10-11-21)15-4-1-2-5-15/h6-7,12,15H,1-5,8-11H2,(H2,19,22,23). The van der Waals surface area contributed by atoms with Gasteiger partial charge in [-0.15, -0.1) is 0 Å². The number of anilines is 1. The van der Waals surface area contributed by atoms with Crippen molar-refractivity contribution < 1.29 is 8.42 Å². The maximum Gasteiger partial charge on any atom is 0.238 e. The third kappa shape index (κ3) is 3.72. The SMILES string of the molecule is N#Cc1cc(S(N)(=O)=O)ccc1N1CCCN(C2CCCC2)CC1. The number of nitriles is 1. The minimum Gasteiger partial charge on any atom is -0.369 e. The van der Waals surface area contributed by atoms with Crippen LogP contribution in [0, 0.1) is 11.3 Å². The zero-order valence-corrected chi connectivity index (χ0v) is 14.6. The highest BCUT2D eigenvalue weighted by Crippen LogP contribution is 2.27. The van der Waals surface area contributed by atoms with E-state index in [1.807, 2.05) is 0 Å². The van der Waals surface area contributed by atoms with Crippen LogP contribution in [0.25, 0.3) is 0 Å². The first-order chi connectivity index (χ1) is 11.5. The zero-order valence-electron chi connectivity index (χ0n) is 13.8. The summed E-state index contributed by atoms with van der Waals surface area (Å²) in [5.41, 5.74) is 1.18. The molecule has 2 aliphatic rings. The molecule has 7 heteroatoms. The topological polar surface area (TPSA) is 90.4 Å². The second-order valence-corrected chi connectivity index (χ2v) is 8.21. The van der Waals surface area contributed by atoms with Gasteiger partial charge in [0.15, 0.2) is 0 Å². The molecule has 0 spiro atoms. The van der Waals surface area contributed by atoms with E-state index < -0.39 is 10.0 Å². The van der Waals surface area contributed by atoms with Crippen LogP contribution in [0.4, 0.5) is 5.69 Å². The van der Waals surface area contributed by atoms with Crippen LogP contribution in [0.15, 0.2) is 23.1 Å². The van der Waals surface area contributed by atoms with E-state index in [4.69, 9.17) is 5.14 Å². The number of hydrogen-bond acceptors (Lipinski definition) is 5. The van der Waals surface area contributed by atoms with Crippen molar-refractivity contribution in [1.29, 1.82) is 5.26 Å². The van der Waals surface area contributed by atoms with E-state index in [2.05, 4.69) is 15.9 Å². The summed E-state index contributed by atoms with van der Waals surface area (Å²) < 4.78 is 23.0. The van der Waals surface area contributed by atoms with Crippen molar-refractivity contribution in [2.24, 2.45) is 5.14 Å². The molecule has 0 radical (unpaired) electrons. The van der Waals surface area contributed by atoms with Crippen LogP contribution in [0.1, 0.15) is 37.7 Å². The Balaban J connectivity index is 1.78. The summed E-state index contributed by atoms with van der Waals surface area (Å²) in [7, 11) is -3.79. The predicted molar refractivity (Wildman–Crippen MR) is 93.2 cm³/mol. The monoisotopic (exact) mass is 348 g/mol. The highest BCUT2D eigenvalue weighted by molar-refractivity contribution is 7.89. The largest absolute Gasteiger partial charge is 0.369 e. The van der Waals surface area contributed by atoms with Gasteiger partial charge in [0, 0.05) is 32.2 Å². The van der Waals surface area contributed by atoms with E-state index in [-0.39, 0.29) is 4.90 Å². The Kier molecular flexibility index (Phi) is 5.09. The highest BCUT2D eigenvalue weighted by atomic mass is 32.2. The molecule has 0 bridgehead atoms. The number of sulfonamides is 1. The molecule has 130 valence electrons. The Hall–Kier alpha value is -1.62. The molecule has 0 atom stereocenters. The van der Waals surface area contributed by atoms with Crippen LogP contribution in [0.3, 0.4) is 0 Å². The molecular weight excluding hydrogens is 324 g/mol. The van der Waals surface area contributed by atoms with Gasteiger partial charge in [-0.2, -0.15) is 5.26 Å². The number of primary sulfonamides is 1. The summed E-state index contributed by atoms with van der Waals surface area (Å²) in [4.78, 5) is 4.77. The molecule has 2 fully saturated rings. The number of hydrogen-bond donors (Lipinski definition) is 1. The van der Waals surface area contributed by atoms with Crippen LogP contribution >= 0.6 is 0 Å². The quantitative estimate of drug-likeness (QED) is 0.897. The molecule has 1 aliphatic heterocycles. The van der Waals surface area contributed by atoms with Crippen molar-refractivity contribution in [2.45, 2.75) is 43.0 Å². The van der Waals surface area contributed by atoms with Crippen LogP contribution in [-0.4, -0.2) is 45.5 Å². The number of nitrogens with zero attached hydrogens (tertiary/aromatic N) is 3. The lowest BCUT2D eigenvalue weighted by Gasteiger charge is -2.28. The van der Waals surface area contributed by atoms with Gasteiger partial charge >= 0.3 is 0 Å². The molecule has 1 aliphatic carbocycles. The third-order valence-corrected chi connectivity index (χ3v) is 6.04. The van der Waals surface area contributed by atoms with Crippen LogP contribution in [-0.2, 0) is 10.0 Å². The molecular formula is C17H24N4O2S. The fourth-order valence-corrected chi connectivity index (χ4v) is 4.41. The summed E-state index contributed by atoms with van der Waals surface area (Å²) in [5.74, 6) is 0. The van der Waals surface area contributed by atoms with Crippen LogP contribution in [0.5, 0.6) is 0 Å². The Morgan fingerprint density at radius 1 is 1.08 bits per heavy atom. The second-order valence-electron chi connectivity index (χ2n) is 6.65. The highest BCUT2D eigenvalue weighted by Gasteiger charge is 2.25. The van der Waals surface area contributed by atoms with Gasteiger partial charge < -0.3 is 4.90 Å². The van der Waals surface area contributed by atoms with Gasteiger partial charge in [0.2, 0.25) is 10.0 Å². The average Bonchev–Trinajstić information content (AvgIpc) is 2.98. The minimum atomic E-state index is -3.79. The molecule has 6 nitrogen and oxygen atoms in total. The average molecular weight is 348 g/mol. The first kappa shape index (κ1) is 17.2. The first-order valence-corrected chi connectivity index (χ1v) is 10.1. The van der Waals surface area contributed by atoms with Gasteiger partial charge in [-0.3, -0.25) is 4.90 Å². The van der Waals surface area contributed by atoms with Gasteiger partial charge in [0.05, 0.1) is 16.1 Å². The molecule has 0 unspecified atom stereocenters. The Labute approximate surface area is 143 Å². The van der Waals surface area contributed by atoms with Crippen molar-refractivity contribution in [3.8, 4) is 6.07 Å². The summed E-state index contributed by atoms with van der Waals surface area (Å²) >= 11 is 0. The van der Waals surface area contributed by atoms with E-state index in [9.17, 15) is 13.7 Å². The second kappa shape index (κ2) is 7.09. The normalized spacial score (nSPS) is 20.8. The van der Waals surface area contributed by atoms with Crippen LogP contribution in [0.2, 0.25) is 0 Å². The van der Waals surface area contributed by atoms with Crippen molar-refractivity contribution in [2.75, 3.05) is 31.1 Å². The van der Waals surface area contributed by atoms with E-state index in [0.29, 0.717) is 11.6 Å². The molecule has 0 amide bonds. The van der Waals surface area contributed by atoms with Gasteiger partial charge in [0.1, 0.15) is 6.07 Å². The maximum absolute atomic E-state index is 11.5. The molecule has 1 aromatic rings. The minimum absolute atomic E-state index is 0.00907. The van der Waals surface area contributed by atoms with Crippen molar-refractivity contribution in [1.82, 2.24) is 4.90 Å². The van der Waals surface area contributed by atoms with Crippen molar-refractivity contribution in [3.05, 3.63) is 23.8 Å². The molecule has 1 heterocycles. The van der Waals surface area contributed by atoms with E-state index in [1.54, 1.807) is 6.07 Å². The molecule has 1 aromatic carbocycles. The Morgan fingerprint density at radius 3 is 2.50 bits per heavy atom.